The number of carbonyl (C=O) groups excluding carboxylic acids is 1. The zero-order valence-electron chi connectivity index (χ0n) is 24.8. The predicted octanol–water partition coefficient (Wildman–Crippen LogP) is 7.85. The number of carbonyl (C=O) groups is 1. The Morgan fingerprint density at radius 2 is 1.86 bits per heavy atom. The molecule has 2 aliphatic carbocycles. The Morgan fingerprint density at radius 3 is 2.49 bits per heavy atom. The number of hydrogen-bond acceptors (Lipinski definition) is 7. The average molecular weight is 721 g/mol. The van der Waals surface area contributed by atoms with Crippen LogP contribution in [-0.4, -0.2) is 31.9 Å². The molecule has 17 heteroatoms. The minimum absolute atomic E-state index is 0.0996. The van der Waals surface area contributed by atoms with Gasteiger partial charge >= 0.3 is 6.18 Å². The number of benzene rings is 2. The number of hydrogen-bond donors (Lipinski definition) is 1. The predicted molar refractivity (Wildman–Crippen MR) is 162 cm³/mol. The number of rotatable bonds is 8. The molecule has 0 bridgehead atoms. The van der Waals surface area contributed by atoms with Crippen LogP contribution in [0, 0.1) is 34.7 Å². The van der Waals surface area contributed by atoms with Crippen molar-refractivity contribution in [1.82, 2.24) is 19.7 Å². The lowest BCUT2D eigenvalue weighted by Crippen LogP contribution is -2.37. The van der Waals surface area contributed by atoms with E-state index in [1.807, 2.05) is 0 Å². The number of thiazole rings is 1. The van der Waals surface area contributed by atoms with Crippen molar-refractivity contribution in [3.8, 4) is 17.2 Å². The summed E-state index contributed by atoms with van der Waals surface area (Å²) >= 11 is 2.47. The van der Waals surface area contributed by atoms with Gasteiger partial charge in [0, 0.05) is 29.0 Å². The molecule has 0 saturated heterocycles. The smallest absolute Gasteiger partial charge is 0.368 e. The van der Waals surface area contributed by atoms with E-state index in [2.05, 4.69) is 15.1 Å². The summed E-state index contributed by atoms with van der Waals surface area (Å²) in [5.74, 6) is -12.3. The van der Waals surface area contributed by atoms with Gasteiger partial charge in [-0.3, -0.25) is 4.79 Å². The number of alkyl halides is 5. The van der Waals surface area contributed by atoms with Gasteiger partial charge in [0.2, 0.25) is 5.91 Å². The standard InChI is InChI=1S/C32H20F8N6OS2/c1-48-30-44-29-22(49-30)10-17(13-2-3-21(35)14(7-13)11-41)24(43-29)19(6-12-4-15(33)8-16(34)5-12)25(28(42)47)46-27-23(26(45-46)32(38,39)40)18-9-20(18)31(27,36)37/h2-5,7-8,10,18-20,25H,6,9H2,1H3,(H2,42,47)/t18-,19+,20+,25?/m0/s1. The number of amides is 1. The van der Waals surface area contributed by atoms with Gasteiger partial charge in [-0.1, -0.05) is 17.8 Å². The summed E-state index contributed by atoms with van der Waals surface area (Å²) in [7, 11) is 0. The number of fused-ring (bicyclic) bond motifs is 4. The van der Waals surface area contributed by atoms with Crippen LogP contribution in [0.2, 0.25) is 0 Å². The molecule has 2 aliphatic rings. The number of aromatic nitrogens is 4. The fourth-order valence-electron chi connectivity index (χ4n) is 6.70. The van der Waals surface area contributed by atoms with E-state index in [0.29, 0.717) is 19.8 Å². The van der Waals surface area contributed by atoms with Gasteiger partial charge < -0.3 is 5.73 Å². The Labute approximate surface area is 279 Å². The van der Waals surface area contributed by atoms with Gasteiger partial charge in [0.15, 0.2) is 15.7 Å². The highest BCUT2D eigenvalue weighted by Gasteiger charge is 2.69. The van der Waals surface area contributed by atoms with Crippen LogP contribution in [-0.2, 0) is 23.3 Å². The zero-order chi connectivity index (χ0) is 35.2. The Morgan fingerprint density at radius 1 is 1.14 bits per heavy atom. The maximum Gasteiger partial charge on any atom is 0.435 e. The molecule has 1 unspecified atom stereocenters. The van der Waals surface area contributed by atoms with Crippen molar-refractivity contribution in [1.29, 1.82) is 5.26 Å². The summed E-state index contributed by atoms with van der Waals surface area (Å²) in [6.07, 6.45) is -4.21. The van der Waals surface area contributed by atoms with Crippen molar-refractivity contribution < 1.29 is 39.9 Å². The van der Waals surface area contributed by atoms with Gasteiger partial charge in [-0.05, 0) is 66.5 Å². The minimum atomic E-state index is -5.18. The molecule has 3 heterocycles. The van der Waals surface area contributed by atoms with Crippen LogP contribution in [0.15, 0.2) is 46.8 Å². The second-order valence-electron chi connectivity index (χ2n) is 11.8. The Balaban J connectivity index is 1.54. The van der Waals surface area contributed by atoms with Crippen LogP contribution in [0.1, 0.15) is 58.1 Å². The van der Waals surface area contributed by atoms with Gasteiger partial charge in [-0.15, -0.1) is 11.3 Å². The molecule has 1 amide bonds. The molecule has 0 aliphatic heterocycles. The Bertz CT molecular complexity index is 2210. The van der Waals surface area contributed by atoms with Crippen LogP contribution < -0.4 is 5.73 Å². The van der Waals surface area contributed by atoms with Gasteiger partial charge in [0.1, 0.15) is 35.3 Å². The van der Waals surface area contributed by atoms with Crippen LogP contribution >= 0.6 is 23.1 Å². The minimum Gasteiger partial charge on any atom is -0.368 e. The summed E-state index contributed by atoms with van der Waals surface area (Å²) in [6, 6.07) is 6.98. The Hall–Kier alpha value is -4.56. The molecule has 0 radical (unpaired) electrons. The normalized spacial score (nSPS) is 18.9. The van der Waals surface area contributed by atoms with Crippen molar-refractivity contribution >= 4 is 39.4 Å². The SMILES string of the molecule is CSc1nc2nc([C@@H](Cc3cc(F)cc(F)c3)C(C(N)=O)n3nc(C(F)(F)F)c4c3C(F)(F)[C@@H]3C[C@H]43)c(-c3ccc(F)c(C#N)c3)cc2s1. The van der Waals surface area contributed by atoms with E-state index >= 15 is 8.78 Å². The molecule has 1 fully saturated rings. The van der Waals surface area contributed by atoms with Crippen molar-refractivity contribution in [2.75, 3.05) is 6.26 Å². The van der Waals surface area contributed by atoms with Gasteiger partial charge in [-0.2, -0.15) is 32.3 Å². The zero-order valence-corrected chi connectivity index (χ0v) is 26.5. The summed E-state index contributed by atoms with van der Waals surface area (Å²) in [6.45, 7) is 0. The van der Waals surface area contributed by atoms with E-state index < -0.39 is 82.6 Å². The topological polar surface area (TPSA) is 110 Å². The van der Waals surface area contributed by atoms with Crippen molar-refractivity contribution in [2.24, 2.45) is 11.7 Å². The highest BCUT2D eigenvalue weighted by Crippen LogP contribution is 2.69. The summed E-state index contributed by atoms with van der Waals surface area (Å²) in [5, 5.41) is 13.1. The van der Waals surface area contributed by atoms with Crippen molar-refractivity contribution in [3.05, 3.63) is 93.7 Å². The third kappa shape index (κ3) is 5.50. The van der Waals surface area contributed by atoms with Crippen molar-refractivity contribution in [3.63, 3.8) is 0 Å². The number of pyridine rings is 1. The number of nitrogens with zero attached hydrogens (tertiary/aromatic N) is 5. The first-order chi connectivity index (χ1) is 23.1. The molecule has 5 aromatic rings. The molecule has 2 N–H and O–H groups in total. The molecule has 2 aromatic carbocycles. The van der Waals surface area contributed by atoms with E-state index in [1.54, 1.807) is 18.4 Å². The lowest BCUT2D eigenvalue weighted by Gasteiger charge is -2.29. The highest BCUT2D eigenvalue weighted by atomic mass is 32.2. The number of nitrogens with two attached hydrogens (primary N) is 1. The summed E-state index contributed by atoms with van der Waals surface area (Å²) in [5.41, 5.74) is 2.14. The van der Waals surface area contributed by atoms with Gasteiger partial charge in [0.05, 0.1) is 16.0 Å². The first kappa shape index (κ1) is 33.0. The number of primary amides is 1. The molecule has 7 nitrogen and oxygen atoms in total. The summed E-state index contributed by atoms with van der Waals surface area (Å²) < 4.78 is 119. The van der Waals surface area contributed by atoms with Gasteiger partial charge in [-0.25, -0.2) is 27.8 Å². The number of thioether (sulfide) groups is 1. The average Bonchev–Trinajstić information content (AvgIpc) is 3.47. The van der Waals surface area contributed by atoms with Crippen LogP contribution in [0.5, 0.6) is 0 Å². The third-order valence-corrected chi connectivity index (χ3v) is 10.8. The highest BCUT2D eigenvalue weighted by molar-refractivity contribution is 8.00. The molecule has 0 spiro atoms. The van der Waals surface area contributed by atoms with E-state index in [0.717, 1.165) is 18.2 Å². The lowest BCUT2D eigenvalue weighted by molar-refractivity contribution is -0.142. The van der Waals surface area contributed by atoms with E-state index in [-0.39, 0.29) is 40.0 Å². The monoisotopic (exact) mass is 720 g/mol. The first-order valence-electron chi connectivity index (χ1n) is 14.5. The second kappa shape index (κ2) is 11.5. The van der Waals surface area contributed by atoms with Crippen molar-refractivity contribution in [2.45, 2.75) is 47.2 Å². The largest absolute Gasteiger partial charge is 0.435 e. The quantitative estimate of drug-likeness (QED) is 0.129. The molecule has 3 aromatic heterocycles. The van der Waals surface area contributed by atoms with E-state index in [4.69, 9.17) is 5.73 Å². The maximum atomic E-state index is 15.8. The molecule has 1 saturated carbocycles. The fraction of sp³-hybridized carbons (Fsp3) is 0.281. The Kier molecular flexibility index (Phi) is 7.74. The van der Waals surface area contributed by atoms with Crippen LogP contribution in [0.3, 0.4) is 0 Å². The number of halogens is 8. The van der Waals surface area contributed by atoms with Crippen LogP contribution in [0.4, 0.5) is 35.1 Å². The molecule has 4 atom stereocenters. The maximum absolute atomic E-state index is 15.8. The van der Waals surface area contributed by atoms with E-state index in [1.165, 1.54) is 35.2 Å². The molecule has 252 valence electrons. The molecule has 7 rings (SSSR count). The molecular weight excluding hydrogens is 701 g/mol. The van der Waals surface area contributed by atoms with E-state index in [9.17, 15) is 36.4 Å². The fourth-order valence-corrected chi connectivity index (χ4v) is 8.16. The lowest BCUT2D eigenvalue weighted by atomic mass is 9.84. The number of nitriles is 1. The first-order valence-corrected chi connectivity index (χ1v) is 16.5. The molecule has 49 heavy (non-hydrogen) atoms. The third-order valence-electron chi connectivity index (χ3n) is 8.79. The molecular formula is C32H20F8N6OS2. The summed E-state index contributed by atoms with van der Waals surface area (Å²) in [4.78, 5) is 22.5. The van der Waals surface area contributed by atoms with Crippen LogP contribution in [0.25, 0.3) is 21.5 Å². The van der Waals surface area contributed by atoms with Gasteiger partial charge in [0.25, 0.3) is 5.92 Å². The second-order valence-corrected chi connectivity index (χ2v) is 13.9.